The van der Waals surface area contributed by atoms with Crippen LogP contribution in [0.3, 0.4) is 0 Å². The molecule has 26 heavy (non-hydrogen) atoms. The van der Waals surface area contributed by atoms with Gasteiger partial charge in [0.1, 0.15) is 5.82 Å². The fourth-order valence-electron chi connectivity index (χ4n) is 4.52. The Bertz CT molecular complexity index is 763. The van der Waals surface area contributed by atoms with E-state index < -0.39 is 0 Å². The lowest BCUT2D eigenvalue weighted by Crippen LogP contribution is -2.54. The molecule has 1 amide bonds. The predicted molar refractivity (Wildman–Crippen MR) is 102 cm³/mol. The first-order valence-corrected chi connectivity index (χ1v) is 9.55. The van der Waals surface area contributed by atoms with Crippen LogP contribution >= 0.6 is 0 Å². The lowest BCUT2D eigenvalue weighted by molar-refractivity contribution is -0.137. The van der Waals surface area contributed by atoms with Gasteiger partial charge in [0.2, 0.25) is 5.91 Å². The molecule has 2 fully saturated rings. The highest BCUT2D eigenvalue weighted by molar-refractivity contribution is 5.89. The van der Waals surface area contributed by atoms with Gasteiger partial charge in [-0.2, -0.15) is 0 Å². The fourth-order valence-corrected chi connectivity index (χ4v) is 4.52. The van der Waals surface area contributed by atoms with E-state index in [4.69, 9.17) is 0 Å². The van der Waals surface area contributed by atoms with Crippen molar-refractivity contribution >= 4 is 11.6 Å². The number of piperazine rings is 1. The average molecular weight is 352 g/mol. The molecule has 2 aromatic carbocycles. The molecule has 3 nitrogen and oxygen atoms in total. The van der Waals surface area contributed by atoms with Crippen LogP contribution in [0.4, 0.5) is 10.1 Å². The van der Waals surface area contributed by atoms with Crippen molar-refractivity contribution in [3.8, 4) is 0 Å². The van der Waals surface area contributed by atoms with Crippen LogP contribution in [0.25, 0.3) is 0 Å². The summed E-state index contributed by atoms with van der Waals surface area (Å²) in [5.41, 5.74) is 1.43. The first-order chi connectivity index (χ1) is 12.7. The van der Waals surface area contributed by atoms with Gasteiger partial charge in [0.25, 0.3) is 0 Å². The van der Waals surface area contributed by atoms with Gasteiger partial charge in [0.05, 0.1) is 11.1 Å². The maximum absolute atomic E-state index is 14.0. The lowest BCUT2D eigenvalue weighted by atomic mass is 9.77. The smallest absolute Gasteiger partial charge is 0.233 e. The average Bonchev–Trinajstić information content (AvgIpc) is 3.20. The summed E-state index contributed by atoms with van der Waals surface area (Å²) in [4.78, 5) is 17.5. The summed E-state index contributed by atoms with van der Waals surface area (Å²) in [6.45, 7) is 2.67. The highest BCUT2D eigenvalue weighted by Crippen LogP contribution is 2.42. The highest BCUT2D eigenvalue weighted by atomic mass is 19.1. The van der Waals surface area contributed by atoms with Gasteiger partial charge in [-0.15, -0.1) is 0 Å². The molecule has 136 valence electrons. The molecule has 0 bridgehead atoms. The molecular formula is C22H25FN2O. The van der Waals surface area contributed by atoms with E-state index in [9.17, 15) is 9.18 Å². The van der Waals surface area contributed by atoms with Crippen LogP contribution in [0, 0.1) is 5.82 Å². The SMILES string of the molecule is O=C(N1CCN(c2ccccc2F)CC1)C1(c2ccccc2)CCCC1. The molecule has 1 saturated carbocycles. The number of halogens is 1. The van der Waals surface area contributed by atoms with Crippen LogP contribution in [0.2, 0.25) is 0 Å². The van der Waals surface area contributed by atoms with Crippen molar-refractivity contribution in [2.75, 3.05) is 31.1 Å². The normalized spacial score (nSPS) is 19.6. The van der Waals surface area contributed by atoms with E-state index in [-0.39, 0.29) is 17.1 Å². The second-order valence-electron chi connectivity index (χ2n) is 7.39. The number of nitrogens with zero attached hydrogens (tertiary/aromatic N) is 2. The summed E-state index contributed by atoms with van der Waals surface area (Å²) in [5.74, 6) is 0.0678. The van der Waals surface area contributed by atoms with Crippen LogP contribution in [0.5, 0.6) is 0 Å². The third-order valence-corrected chi connectivity index (χ3v) is 5.95. The number of benzene rings is 2. The van der Waals surface area contributed by atoms with Crippen LogP contribution in [0.15, 0.2) is 54.6 Å². The monoisotopic (exact) mass is 352 g/mol. The molecule has 0 unspecified atom stereocenters. The zero-order valence-corrected chi connectivity index (χ0v) is 15.0. The minimum atomic E-state index is -0.360. The van der Waals surface area contributed by atoms with Crippen LogP contribution in [0.1, 0.15) is 31.2 Å². The van der Waals surface area contributed by atoms with Gasteiger partial charge >= 0.3 is 0 Å². The van der Waals surface area contributed by atoms with Crippen molar-refractivity contribution in [1.29, 1.82) is 0 Å². The number of para-hydroxylation sites is 1. The van der Waals surface area contributed by atoms with Crippen molar-refractivity contribution in [1.82, 2.24) is 4.90 Å². The zero-order valence-electron chi connectivity index (χ0n) is 15.0. The van der Waals surface area contributed by atoms with Gasteiger partial charge in [-0.1, -0.05) is 55.3 Å². The first kappa shape index (κ1) is 17.1. The van der Waals surface area contributed by atoms with Gasteiger partial charge in [0, 0.05) is 26.2 Å². The van der Waals surface area contributed by atoms with Crippen LogP contribution < -0.4 is 4.90 Å². The molecule has 0 spiro atoms. The topological polar surface area (TPSA) is 23.6 Å². The maximum atomic E-state index is 14.0. The molecule has 1 heterocycles. The summed E-state index contributed by atoms with van der Waals surface area (Å²) in [6.07, 6.45) is 4.08. The van der Waals surface area contributed by atoms with Crippen LogP contribution in [-0.2, 0) is 10.2 Å². The van der Waals surface area contributed by atoms with E-state index in [1.54, 1.807) is 6.07 Å². The molecule has 4 rings (SSSR count). The molecule has 0 aromatic heterocycles. The molecule has 0 N–H and O–H groups in total. The van der Waals surface area contributed by atoms with E-state index >= 15 is 0 Å². The quantitative estimate of drug-likeness (QED) is 0.834. The Morgan fingerprint density at radius 2 is 1.46 bits per heavy atom. The Hall–Kier alpha value is -2.36. The second kappa shape index (κ2) is 7.10. The number of carbonyl (C=O) groups excluding carboxylic acids is 1. The molecule has 1 aliphatic heterocycles. The second-order valence-corrected chi connectivity index (χ2v) is 7.39. The molecule has 4 heteroatoms. The Balaban J connectivity index is 1.50. The molecular weight excluding hydrogens is 327 g/mol. The number of anilines is 1. The number of hydrogen-bond donors (Lipinski definition) is 0. The van der Waals surface area contributed by atoms with E-state index in [2.05, 4.69) is 12.1 Å². The maximum Gasteiger partial charge on any atom is 0.233 e. The first-order valence-electron chi connectivity index (χ1n) is 9.55. The van der Waals surface area contributed by atoms with Crippen molar-refractivity contribution < 1.29 is 9.18 Å². The number of amides is 1. The van der Waals surface area contributed by atoms with Gasteiger partial charge in [0.15, 0.2) is 0 Å². The fraction of sp³-hybridized carbons (Fsp3) is 0.409. The summed E-state index contributed by atoms with van der Waals surface area (Å²) < 4.78 is 14.0. The molecule has 2 aromatic rings. The minimum Gasteiger partial charge on any atom is -0.366 e. The third-order valence-electron chi connectivity index (χ3n) is 5.95. The van der Waals surface area contributed by atoms with Crippen molar-refractivity contribution in [3.63, 3.8) is 0 Å². The zero-order chi connectivity index (χ0) is 18.0. The summed E-state index contributed by atoms with van der Waals surface area (Å²) in [7, 11) is 0. The van der Waals surface area contributed by atoms with E-state index in [0.29, 0.717) is 31.9 Å². The lowest BCUT2D eigenvalue weighted by Gasteiger charge is -2.40. The largest absolute Gasteiger partial charge is 0.366 e. The van der Waals surface area contributed by atoms with Gasteiger partial charge < -0.3 is 9.80 Å². The summed E-state index contributed by atoms with van der Waals surface area (Å²) in [5, 5.41) is 0. The van der Waals surface area contributed by atoms with E-state index in [1.165, 1.54) is 6.07 Å². The van der Waals surface area contributed by atoms with E-state index in [0.717, 1.165) is 31.2 Å². The predicted octanol–water partition coefficient (Wildman–Crippen LogP) is 3.99. The Morgan fingerprint density at radius 1 is 0.846 bits per heavy atom. The Morgan fingerprint density at radius 3 is 2.12 bits per heavy atom. The van der Waals surface area contributed by atoms with E-state index in [1.807, 2.05) is 40.1 Å². The molecule has 0 radical (unpaired) electrons. The number of rotatable bonds is 3. The van der Waals surface area contributed by atoms with Crippen molar-refractivity contribution in [2.45, 2.75) is 31.1 Å². The standard InChI is InChI=1S/C22H25FN2O/c23-19-10-4-5-11-20(19)24-14-16-25(17-15-24)21(26)22(12-6-7-13-22)18-8-2-1-3-9-18/h1-5,8-11H,6-7,12-17H2. The molecule has 1 aliphatic carbocycles. The molecule has 0 atom stereocenters. The van der Waals surface area contributed by atoms with Gasteiger partial charge in [-0.3, -0.25) is 4.79 Å². The van der Waals surface area contributed by atoms with Crippen molar-refractivity contribution in [2.24, 2.45) is 0 Å². The van der Waals surface area contributed by atoms with Gasteiger partial charge in [-0.05, 0) is 30.5 Å². The molecule has 1 saturated heterocycles. The van der Waals surface area contributed by atoms with Crippen molar-refractivity contribution in [3.05, 3.63) is 66.0 Å². The number of carbonyl (C=O) groups is 1. The molecule has 2 aliphatic rings. The Kier molecular flexibility index (Phi) is 4.66. The summed E-state index contributed by atoms with van der Waals surface area (Å²) in [6, 6.07) is 17.1. The Labute approximate surface area is 154 Å². The minimum absolute atomic E-state index is 0.191. The van der Waals surface area contributed by atoms with Crippen LogP contribution in [-0.4, -0.2) is 37.0 Å². The number of hydrogen-bond acceptors (Lipinski definition) is 2. The summed E-state index contributed by atoms with van der Waals surface area (Å²) >= 11 is 0. The highest BCUT2D eigenvalue weighted by Gasteiger charge is 2.45. The van der Waals surface area contributed by atoms with Gasteiger partial charge in [-0.25, -0.2) is 4.39 Å². The third kappa shape index (κ3) is 2.98.